The fourth-order valence-electron chi connectivity index (χ4n) is 7.29. The standard InChI is InChI=1S/C33H44N4O6/c1-18-26-17-37(27(18)19(2)38)30(39)28(32(3,4)5)36-31(40)43-25-16-21(25)33(13-14-33)12-8-7-9-23-29(42-26)35-24-15-20(41-6)10-11-22(24)34-23/h10-11,15,18,21,25-28H,7-9,12-14,16-17H2,1-6H3,(H,36,40)/t18-,21-,25-,26+,27+,28-/m1/s1. The molecule has 2 amide bonds. The molecule has 1 N–H and O–H groups in total. The first-order chi connectivity index (χ1) is 20.4. The lowest BCUT2D eigenvalue weighted by Crippen LogP contribution is -2.57. The topological polar surface area (TPSA) is 120 Å². The number of fused-ring (bicyclic) bond motifs is 6. The summed E-state index contributed by atoms with van der Waals surface area (Å²) in [5.74, 6) is 0.749. The maximum atomic E-state index is 14.2. The number of carbonyl (C=O) groups excluding carboxylic acids is 3. The lowest BCUT2D eigenvalue weighted by atomic mass is 9.85. The summed E-state index contributed by atoms with van der Waals surface area (Å²) in [5, 5.41) is 2.88. The maximum absolute atomic E-state index is 14.2. The Balaban J connectivity index is 1.37. The summed E-state index contributed by atoms with van der Waals surface area (Å²) in [4.78, 5) is 51.7. The highest BCUT2D eigenvalue weighted by Crippen LogP contribution is 2.64. The average molecular weight is 593 g/mol. The fraction of sp³-hybridized carbons (Fsp3) is 0.667. The minimum atomic E-state index is -0.873. The molecular formula is C33H44N4O6. The van der Waals surface area contributed by atoms with Crippen LogP contribution >= 0.6 is 0 Å². The van der Waals surface area contributed by atoms with E-state index >= 15 is 0 Å². The van der Waals surface area contributed by atoms with E-state index in [0.29, 0.717) is 29.5 Å². The number of ether oxygens (including phenoxy) is 3. The Morgan fingerprint density at radius 1 is 1.07 bits per heavy atom. The molecule has 2 saturated carbocycles. The van der Waals surface area contributed by atoms with Crippen LogP contribution in [0.5, 0.6) is 11.6 Å². The number of methoxy groups -OCH3 is 1. The minimum absolute atomic E-state index is 0.110. The van der Waals surface area contributed by atoms with Gasteiger partial charge in [0.15, 0.2) is 5.78 Å². The van der Waals surface area contributed by atoms with Crippen molar-refractivity contribution < 1.29 is 28.6 Å². The van der Waals surface area contributed by atoms with E-state index in [-0.39, 0.29) is 35.7 Å². The predicted molar refractivity (Wildman–Crippen MR) is 160 cm³/mol. The monoisotopic (exact) mass is 592 g/mol. The van der Waals surface area contributed by atoms with E-state index in [0.717, 1.165) is 49.7 Å². The molecule has 232 valence electrons. The smallest absolute Gasteiger partial charge is 0.408 e. The number of hydrogen-bond acceptors (Lipinski definition) is 8. The van der Waals surface area contributed by atoms with Crippen LogP contribution in [0.1, 0.15) is 78.8 Å². The molecule has 3 heterocycles. The number of aryl methyl sites for hydroxylation is 1. The molecule has 2 aliphatic carbocycles. The molecule has 1 aromatic heterocycles. The summed E-state index contributed by atoms with van der Waals surface area (Å²) < 4.78 is 17.9. The first kappa shape index (κ1) is 29.6. The largest absolute Gasteiger partial charge is 0.497 e. The van der Waals surface area contributed by atoms with Gasteiger partial charge in [-0.25, -0.2) is 14.8 Å². The van der Waals surface area contributed by atoms with Crippen LogP contribution in [-0.4, -0.2) is 70.6 Å². The number of ketones is 1. The van der Waals surface area contributed by atoms with Crippen LogP contribution in [0.25, 0.3) is 11.0 Å². The Kier molecular flexibility index (Phi) is 7.53. The predicted octanol–water partition coefficient (Wildman–Crippen LogP) is 4.86. The van der Waals surface area contributed by atoms with Gasteiger partial charge >= 0.3 is 6.09 Å². The number of amides is 2. The van der Waals surface area contributed by atoms with E-state index in [1.807, 2.05) is 45.9 Å². The number of hydrogen-bond donors (Lipinski definition) is 1. The van der Waals surface area contributed by atoms with Gasteiger partial charge in [-0.3, -0.25) is 9.59 Å². The van der Waals surface area contributed by atoms with Crippen molar-refractivity contribution in [3.63, 3.8) is 0 Å². The lowest BCUT2D eigenvalue weighted by molar-refractivity contribution is -0.141. The Morgan fingerprint density at radius 3 is 2.51 bits per heavy atom. The van der Waals surface area contributed by atoms with Crippen molar-refractivity contribution in [2.24, 2.45) is 22.7 Å². The van der Waals surface area contributed by atoms with E-state index < -0.39 is 29.7 Å². The Hall–Kier alpha value is -3.43. The number of aromatic nitrogens is 2. The minimum Gasteiger partial charge on any atom is -0.497 e. The van der Waals surface area contributed by atoms with Crippen LogP contribution < -0.4 is 14.8 Å². The third-order valence-corrected chi connectivity index (χ3v) is 10.0. The van der Waals surface area contributed by atoms with Crippen molar-refractivity contribution in [3.8, 4) is 11.6 Å². The molecule has 1 saturated heterocycles. The molecule has 6 rings (SSSR count). The summed E-state index contributed by atoms with van der Waals surface area (Å²) in [5.41, 5.74) is 1.84. The van der Waals surface area contributed by atoms with Crippen LogP contribution in [-0.2, 0) is 20.7 Å². The van der Waals surface area contributed by atoms with Gasteiger partial charge in [0, 0.05) is 17.9 Å². The molecule has 3 fully saturated rings. The summed E-state index contributed by atoms with van der Waals surface area (Å²) >= 11 is 0. The molecule has 1 spiro atoms. The van der Waals surface area contributed by atoms with Crippen molar-refractivity contribution in [2.75, 3.05) is 13.7 Å². The second-order valence-corrected chi connectivity index (χ2v) is 14.2. The van der Waals surface area contributed by atoms with Gasteiger partial charge in [0.05, 0.1) is 30.7 Å². The van der Waals surface area contributed by atoms with Crippen molar-refractivity contribution in [3.05, 3.63) is 23.9 Å². The van der Waals surface area contributed by atoms with Crippen LogP contribution in [0.3, 0.4) is 0 Å². The SMILES string of the molecule is COc1ccc2nc3c(nc2c1)O[C@H]1CN(C(=O)[C@H](C(C)(C)C)NC(=O)O[C@@H]2C[C@H]2C2(CCCC3)CC2)[C@H](C(C)=O)[C@@H]1C. The van der Waals surface area contributed by atoms with Crippen molar-refractivity contribution in [1.82, 2.24) is 20.2 Å². The van der Waals surface area contributed by atoms with Gasteiger partial charge in [-0.2, -0.15) is 0 Å². The van der Waals surface area contributed by atoms with Gasteiger partial charge in [-0.15, -0.1) is 0 Å². The molecule has 0 unspecified atom stereocenters. The zero-order valence-corrected chi connectivity index (χ0v) is 26.1. The quantitative estimate of drug-likeness (QED) is 0.525. The number of alkyl carbamates (subject to hydrolysis) is 1. The van der Waals surface area contributed by atoms with Gasteiger partial charge in [0.25, 0.3) is 0 Å². The highest BCUT2D eigenvalue weighted by atomic mass is 16.6. The average Bonchev–Trinajstić information content (AvgIpc) is 3.87. The summed E-state index contributed by atoms with van der Waals surface area (Å²) in [6.45, 7) is 9.34. The van der Waals surface area contributed by atoms with E-state index in [2.05, 4.69) is 5.32 Å². The Labute approximate surface area is 253 Å². The van der Waals surface area contributed by atoms with Crippen molar-refractivity contribution in [1.29, 1.82) is 0 Å². The zero-order chi connectivity index (χ0) is 30.7. The molecular weight excluding hydrogens is 548 g/mol. The van der Waals surface area contributed by atoms with Crippen LogP contribution in [0, 0.1) is 22.7 Å². The maximum Gasteiger partial charge on any atom is 0.408 e. The normalized spacial score (nSPS) is 30.7. The number of Topliss-reactive ketones (excluding diaryl/α,β-unsaturated/α-hetero) is 1. The zero-order valence-electron chi connectivity index (χ0n) is 26.1. The molecule has 2 aliphatic heterocycles. The number of nitrogens with zero attached hydrogens (tertiary/aromatic N) is 3. The fourth-order valence-corrected chi connectivity index (χ4v) is 7.29. The van der Waals surface area contributed by atoms with Gasteiger partial charge in [0.2, 0.25) is 11.8 Å². The van der Waals surface area contributed by atoms with E-state index in [4.69, 9.17) is 24.2 Å². The van der Waals surface area contributed by atoms with E-state index in [1.165, 1.54) is 6.92 Å². The van der Waals surface area contributed by atoms with Crippen LogP contribution in [0.2, 0.25) is 0 Å². The van der Waals surface area contributed by atoms with Gasteiger partial charge in [-0.05, 0) is 68.4 Å². The molecule has 2 aromatic rings. The molecule has 4 aliphatic rings. The molecule has 10 nitrogen and oxygen atoms in total. The number of benzene rings is 1. The second kappa shape index (κ2) is 10.9. The van der Waals surface area contributed by atoms with Gasteiger partial charge in [-0.1, -0.05) is 34.1 Å². The van der Waals surface area contributed by atoms with Crippen molar-refractivity contribution in [2.45, 2.75) is 104 Å². The van der Waals surface area contributed by atoms with Crippen LogP contribution in [0.15, 0.2) is 18.2 Å². The van der Waals surface area contributed by atoms with Crippen molar-refractivity contribution >= 4 is 28.8 Å². The second-order valence-electron chi connectivity index (χ2n) is 14.2. The highest BCUT2D eigenvalue weighted by molar-refractivity contribution is 5.92. The van der Waals surface area contributed by atoms with Crippen LogP contribution in [0.4, 0.5) is 4.79 Å². The highest BCUT2D eigenvalue weighted by Gasteiger charge is 2.60. The van der Waals surface area contributed by atoms with Gasteiger partial charge < -0.3 is 24.4 Å². The summed E-state index contributed by atoms with van der Waals surface area (Å²) in [7, 11) is 1.61. The Bertz CT molecular complexity index is 1430. The van der Waals surface area contributed by atoms with E-state index in [9.17, 15) is 14.4 Å². The third-order valence-electron chi connectivity index (χ3n) is 10.0. The van der Waals surface area contributed by atoms with E-state index in [1.54, 1.807) is 12.0 Å². The molecule has 43 heavy (non-hydrogen) atoms. The Morgan fingerprint density at radius 2 is 1.84 bits per heavy atom. The first-order valence-corrected chi connectivity index (χ1v) is 15.7. The summed E-state index contributed by atoms with van der Waals surface area (Å²) in [6, 6.07) is 4.06. The number of rotatable bonds is 2. The number of nitrogens with one attached hydrogen (secondary N) is 1. The molecule has 6 atom stereocenters. The third kappa shape index (κ3) is 5.77. The molecule has 1 aromatic carbocycles. The lowest BCUT2D eigenvalue weighted by Gasteiger charge is -2.35. The molecule has 0 radical (unpaired) electrons. The molecule has 2 bridgehead atoms. The summed E-state index contributed by atoms with van der Waals surface area (Å²) in [6.07, 6.45) is 5.80. The number of carbonyl (C=O) groups is 3. The first-order valence-electron chi connectivity index (χ1n) is 15.7. The molecule has 10 heteroatoms. The van der Waals surface area contributed by atoms with Gasteiger partial charge in [0.1, 0.15) is 29.7 Å².